The van der Waals surface area contributed by atoms with Crippen LogP contribution in [0.4, 0.5) is 10.6 Å². The highest BCUT2D eigenvalue weighted by atomic mass is 32.1. The maximum absolute atomic E-state index is 13.4. The van der Waals surface area contributed by atoms with Gasteiger partial charge in [-0.2, -0.15) is 0 Å². The van der Waals surface area contributed by atoms with Crippen molar-refractivity contribution in [2.75, 3.05) is 11.9 Å². The van der Waals surface area contributed by atoms with Gasteiger partial charge in [-0.1, -0.05) is 51.1 Å². The smallest absolute Gasteiger partial charge is 0.413 e. The van der Waals surface area contributed by atoms with E-state index in [2.05, 4.69) is 36.4 Å². The zero-order valence-electron chi connectivity index (χ0n) is 18.9. The van der Waals surface area contributed by atoms with Crippen molar-refractivity contribution < 1.29 is 19.1 Å². The second-order valence-electron chi connectivity index (χ2n) is 8.52. The summed E-state index contributed by atoms with van der Waals surface area (Å²) in [7, 11) is 0. The lowest BCUT2D eigenvalue weighted by Crippen LogP contribution is -2.38. The number of thiocarbonyl (C=S) groups is 1. The Hall–Kier alpha value is -2.87. The molecular weight excluding hydrogens is 426 g/mol. The van der Waals surface area contributed by atoms with E-state index in [4.69, 9.17) is 21.7 Å². The van der Waals surface area contributed by atoms with Crippen LogP contribution in [-0.2, 0) is 9.47 Å². The van der Waals surface area contributed by atoms with Crippen molar-refractivity contribution in [3.8, 4) is 11.1 Å². The lowest BCUT2D eigenvalue weighted by Gasteiger charge is -2.37. The van der Waals surface area contributed by atoms with E-state index in [1.54, 1.807) is 13.1 Å². The minimum absolute atomic E-state index is 0.0205. The number of nitrogens with one attached hydrogen (secondary N) is 3. The molecule has 1 aliphatic carbocycles. The fourth-order valence-corrected chi connectivity index (χ4v) is 4.78. The monoisotopic (exact) mass is 457 g/mol. The number of amides is 1. The van der Waals surface area contributed by atoms with Crippen LogP contribution < -0.4 is 10.6 Å². The SMILES string of the molecule is CCOC(=O)NC(=S)Nc1[nH]cc(-c2ccccc2)c1C(=O)OC1C(C)CC(C)CC1C. The summed E-state index contributed by atoms with van der Waals surface area (Å²) in [6, 6.07) is 9.57. The second-order valence-corrected chi connectivity index (χ2v) is 8.93. The third-order valence-corrected chi connectivity index (χ3v) is 6.02. The van der Waals surface area contributed by atoms with Crippen molar-refractivity contribution in [3.05, 3.63) is 42.1 Å². The largest absolute Gasteiger partial charge is 0.458 e. The Bertz CT molecular complexity index is 947. The fraction of sp³-hybridized carbons (Fsp3) is 0.458. The number of carbonyl (C=O) groups excluding carboxylic acids is 2. The van der Waals surface area contributed by atoms with Gasteiger partial charge in [-0.15, -0.1) is 0 Å². The molecule has 3 rings (SSSR count). The van der Waals surface area contributed by atoms with E-state index in [-0.39, 0.29) is 29.7 Å². The van der Waals surface area contributed by atoms with Crippen molar-refractivity contribution >= 4 is 35.2 Å². The summed E-state index contributed by atoms with van der Waals surface area (Å²) >= 11 is 5.22. The van der Waals surface area contributed by atoms with Gasteiger partial charge in [-0.25, -0.2) is 9.59 Å². The molecule has 1 aromatic heterocycles. The van der Waals surface area contributed by atoms with E-state index >= 15 is 0 Å². The average Bonchev–Trinajstić information content (AvgIpc) is 3.14. The summed E-state index contributed by atoms with van der Waals surface area (Å²) < 4.78 is 10.9. The number of esters is 1. The quantitative estimate of drug-likeness (QED) is 0.414. The van der Waals surface area contributed by atoms with Crippen LogP contribution in [0.15, 0.2) is 36.5 Å². The summed E-state index contributed by atoms with van der Waals surface area (Å²) in [5, 5.41) is 5.35. The molecule has 1 amide bonds. The van der Waals surface area contributed by atoms with E-state index in [9.17, 15) is 9.59 Å². The van der Waals surface area contributed by atoms with Gasteiger partial charge in [0.15, 0.2) is 5.11 Å². The van der Waals surface area contributed by atoms with Crippen LogP contribution in [0.2, 0.25) is 0 Å². The minimum atomic E-state index is -0.664. The van der Waals surface area contributed by atoms with E-state index in [0.717, 1.165) is 18.4 Å². The lowest BCUT2D eigenvalue weighted by molar-refractivity contribution is -0.0250. The third-order valence-electron chi connectivity index (χ3n) is 5.81. The van der Waals surface area contributed by atoms with Crippen LogP contribution in [0.5, 0.6) is 0 Å². The Balaban J connectivity index is 1.87. The Morgan fingerprint density at radius 1 is 1.12 bits per heavy atom. The zero-order chi connectivity index (χ0) is 23.3. The maximum Gasteiger partial charge on any atom is 0.413 e. The van der Waals surface area contributed by atoms with Gasteiger partial charge in [0.05, 0.1) is 6.61 Å². The molecule has 3 N–H and O–H groups in total. The topological polar surface area (TPSA) is 92.5 Å². The molecule has 0 radical (unpaired) electrons. The molecule has 0 saturated heterocycles. The first-order valence-electron chi connectivity index (χ1n) is 11.0. The van der Waals surface area contributed by atoms with Crippen molar-refractivity contribution in [2.45, 2.75) is 46.6 Å². The number of hydrogen-bond acceptors (Lipinski definition) is 5. The molecule has 172 valence electrons. The molecule has 1 heterocycles. The van der Waals surface area contributed by atoms with Crippen LogP contribution >= 0.6 is 12.2 Å². The first-order valence-corrected chi connectivity index (χ1v) is 11.4. The number of aromatic nitrogens is 1. The van der Waals surface area contributed by atoms with Crippen molar-refractivity contribution in [3.63, 3.8) is 0 Å². The molecule has 1 fully saturated rings. The van der Waals surface area contributed by atoms with Gasteiger partial charge in [-0.05, 0) is 55.3 Å². The number of ether oxygens (including phenoxy) is 2. The number of benzene rings is 1. The number of H-pyrrole nitrogens is 1. The van der Waals surface area contributed by atoms with Gasteiger partial charge in [0, 0.05) is 11.8 Å². The maximum atomic E-state index is 13.4. The molecule has 1 saturated carbocycles. The molecule has 0 aliphatic heterocycles. The summed E-state index contributed by atoms with van der Waals surface area (Å²) in [6.45, 7) is 8.44. The van der Waals surface area contributed by atoms with Gasteiger partial charge in [0.1, 0.15) is 17.5 Å². The predicted octanol–water partition coefficient (Wildman–Crippen LogP) is 5.35. The van der Waals surface area contributed by atoms with Gasteiger partial charge < -0.3 is 19.8 Å². The Labute approximate surface area is 194 Å². The fourth-order valence-electron chi connectivity index (χ4n) is 4.59. The van der Waals surface area contributed by atoms with E-state index in [1.807, 2.05) is 30.3 Å². The molecule has 1 aromatic carbocycles. The van der Waals surface area contributed by atoms with Gasteiger partial charge in [0.25, 0.3) is 0 Å². The van der Waals surface area contributed by atoms with Crippen molar-refractivity contribution in [2.24, 2.45) is 17.8 Å². The number of aromatic amines is 1. The number of rotatable bonds is 5. The van der Waals surface area contributed by atoms with Crippen LogP contribution in [0.3, 0.4) is 0 Å². The molecule has 7 nitrogen and oxygen atoms in total. The Morgan fingerprint density at radius 2 is 1.78 bits per heavy atom. The molecule has 0 spiro atoms. The molecular formula is C24H31N3O4S. The van der Waals surface area contributed by atoms with Crippen LogP contribution in [0.1, 0.15) is 50.9 Å². The summed E-state index contributed by atoms with van der Waals surface area (Å²) in [5.74, 6) is 1.11. The highest BCUT2D eigenvalue weighted by Crippen LogP contribution is 2.37. The molecule has 2 aromatic rings. The van der Waals surface area contributed by atoms with Crippen LogP contribution in [-0.4, -0.2) is 34.9 Å². The van der Waals surface area contributed by atoms with Crippen molar-refractivity contribution in [1.29, 1.82) is 0 Å². The number of carbonyl (C=O) groups is 2. The van der Waals surface area contributed by atoms with Crippen LogP contribution in [0, 0.1) is 17.8 Å². The number of alkyl carbamates (subject to hydrolysis) is 1. The highest BCUT2D eigenvalue weighted by molar-refractivity contribution is 7.80. The lowest BCUT2D eigenvalue weighted by atomic mass is 9.75. The standard InChI is InChI=1S/C24H31N3O4S/c1-5-30-24(29)27-23(32)26-21-19(18(13-25-21)17-9-7-6-8-10-17)22(28)31-20-15(3)11-14(2)12-16(20)4/h6-10,13-16,20,25H,5,11-12H2,1-4H3,(H2,26,27,29,32). The molecule has 0 bridgehead atoms. The van der Waals surface area contributed by atoms with Gasteiger partial charge >= 0.3 is 12.1 Å². The summed E-state index contributed by atoms with van der Waals surface area (Å²) in [4.78, 5) is 28.2. The number of anilines is 1. The first kappa shape index (κ1) is 23.8. The molecule has 32 heavy (non-hydrogen) atoms. The molecule has 2 unspecified atom stereocenters. The average molecular weight is 458 g/mol. The Kier molecular flexibility index (Phi) is 7.90. The number of hydrogen-bond donors (Lipinski definition) is 3. The van der Waals surface area contributed by atoms with Gasteiger partial charge in [0.2, 0.25) is 0 Å². The predicted molar refractivity (Wildman–Crippen MR) is 129 cm³/mol. The normalized spacial score (nSPS) is 22.6. The summed E-state index contributed by atoms with van der Waals surface area (Å²) in [6.07, 6.45) is 2.97. The Morgan fingerprint density at radius 3 is 2.41 bits per heavy atom. The van der Waals surface area contributed by atoms with E-state index in [0.29, 0.717) is 22.9 Å². The summed E-state index contributed by atoms with van der Waals surface area (Å²) in [5.41, 5.74) is 1.91. The highest BCUT2D eigenvalue weighted by Gasteiger charge is 2.35. The zero-order valence-corrected chi connectivity index (χ0v) is 19.8. The second kappa shape index (κ2) is 10.6. The molecule has 1 aliphatic rings. The van der Waals surface area contributed by atoms with E-state index < -0.39 is 12.1 Å². The molecule has 2 atom stereocenters. The third kappa shape index (κ3) is 5.68. The first-order chi connectivity index (χ1) is 15.3. The van der Waals surface area contributed by atoms with E-state index in [1.165, 1.54) is 0 Å². The van der Waals surface area contributed by atoms with Crippen LogP contribution in [0.25, 0.3) is 11.1 Å². The molecule has 8 heteroatoms. The van der Waals surface area contributed by atoms with Crippen molar-refractivity contribution in [1.82, 2.24) is 10.3 Å². The van der Waals surface area contributed by atoms with Gasteiger partial charge in [-0.3, -0.25) is 5.32 Å². The minimum Gasteiger partial charge on any atom is -0.458 e.